The highest BCUT2D eigenvalue weighted by atomic mass is 19.1. The number of anilines is 1. The number of nitrogens with zero attached hydrogens (tertiary/aromatic N) is 1. The van der Waals surface area contributed by atoms with E-state index < -0.39 is 0 Å². The van der Waals surface area contributed by atoms with E-state index in [0.717, 1.165) is 32.2 Å². The van der Waals surface area contributed by atoms with Crippen molar-refractivity contribution in [3.8, 4) is 0 Å². The molecule has 0 aromatic heterocycles. The molecule has 0 bridgehead atoms. The number of hydrogen-bond donors (Lipinski definition) is 2. The van der Waals surface area contributed by atoms with Gasteiger partial charge in [0.05, 0.1) is 12.6 Å². The number of methoxy groups -OCH3 is 1. The molecule has 2 N–H and O–H groups in total. The number of likely N-dealkylation sites (tertiary alicyclic amines) is 1. The Kier molecular flexibility index (Phi) is 5.99. The van der Waals surface area contributed by atoms with Gasteiger partial charge in [0, 0.05) is 49.8 Å². The molecule has 4 rings (SSSR count). The highest BCUT2D eigenvalue weighted by Crippen LogP contribution is 2.36. The summed E-state index contributed by atoms with van der Waals surface area (Å²) >= 11 is 0. The normalized spacial score (nSPS) is 32.4. The lowest BCUT2D eigenvalue weighted by Gasteiger charge is -2.48. The molecular weight excluding hydrogens is 373 g/mol. The van der Waals surface area contributed by atoms with Gasteiger partial charge in [0.15, 0.2) is 0 Å². The minimum absolute atomic E-state index is 0.0132. The fourth-order valence-corrected chi connectivity index (χ4v) is 5.14. The number of Topliss-reactive ketones (excluding diaryl/α,β-unsaturated/α-hetero) is 1. The number of aryl methyl sites for hydroxylation is 1. The van der Waals surface area contributed by atoms with Crippen molar-refractivity contribution < 1.29 is 18.7 Å². The third-order valence-corrected chi connectivity index (χ3v) is 6.81. The summed E-state index contributed by atoms with van der Waals surface area (Å²) in [6.07, 6.45) is 3.80. The first-order valence-electron chi connectivity index (χ1n) is 10.6. The molecule has 3 aliphatic rings. The van der Waals surface area contributed by atoms with E-state index in [1.54, 1.807) is 26.2 Å². The van der Waals surface area contributed by atoms with Gasteiger partial charge in [0.25, 0.3) is 0 Å². The molecule has 5 atom stereocenters. The van der Waals surface area contributed by atoms with Gasteiger partial charge in [-0.1, -0.05) is 6.07 Å². The van der Waals surface area contributed by atoms with Crippen LogP contribution in [0.25, 0.3) is 0 Å². The molecule has 1 aromatic rings. The molecule has 0 spiro atoms. The Hall–Kier alpha value is -1.83. The largest absolute Gasteiger partial charge is 0.381 e. The highest BCUT2D eigenvalue weighted by molar-refractivity contribution is 5.92. The van der Waals surface area contributed by atoms with E-state index in [4.69, 9.17) is 4.74 Å². The quantitative estimate of drug-likeness (QED) is 0.806. The van der Waals surface area contributed by atoms with Gasteiger partial charge >= 0.3 is 0 Å². The first kappa shape index (κ1) is 20.4. The molecular formula is C22H30FN3O3. The number of hydrogen-bond acceptors (Lipinski definition) is 5. The van der Waals surface area contributed by atoms with E-state index in [-0.39, 0.29) is 48.3 Å². The van der Waals surface area contributed by atoms with Crippen LogP contribution >= 0.6 is 0 Å². The third-order valence-electron chi connectivity index (χ3n) is 6.81. The van der Waals surface area contributed by atoms with Gasteiger partial charge < -0.3 is 15.4 Å². The first-order chi connectivity index (χ1) is 13.9. The number of halogens is 1. The van der Waals surface area contributed by atoms with Crippen LogP contribution < -0.4 is 10.6 Å². The Labute approximate surface area is 171 Å². The maximum Gasteiger partial charge on any atom is 0.238 e. The molecule has 5 unspecified atom stereocenters. The Morgan fingerprint density at radius 1 is 1.28 bits per heavy atom. The highest BCUT2D eigenvalue weighted by Gasteiger charge is 2.47. The molecule has 158 valence electrons. The summed E-state index contributed by atoms with van der Waals surface area (Å²) in [5, 5.41) is 6.47. The molecule has 1 saturated carbocycles. The Balaban J connectivity index is 1.35. The number of nitrogens with one attached hydrogen (secondary N) is 2. The topological polar surface area (TPSA) is 70.7 Å². The molecule has 29 heavy (non-hydrogen) atoms. The summed E-state index contributed by atoms with van der Waals surface area (Å²) < 4.78 is 19.2. The van der Waals surface area contributed by atoms with Crippen LogP contribution in [0.5, 0.6) is 0 Å². The monoisotopic (exact) mass is 403 g/mol. The maximum atomic E-state index is 13.7. The Morgan fingerprint density at radius 2 is 2.07 bits per heavy atom. The number of benzene rings is 1. The second-order valence-electron chi connectivity index (χ2n) is 8.70. The van der Waals surface area contributed by atoms with Crippen molar-refractivity contribution in [3.05, 3.63) is 29.6 Å². The lowest BCUT2D eigenvalue weighted by Crippen LogP contribution is -2.64. The Morgan fingerprint density at radius 3 is 2.83 bits per heavy atom. The lowest BCUT2D eigenvalue weighted by molar-refractivity contribution is -0.138. The van der Waals surface area contributed by atoms with Gasteiger partial charge in [-0.3, -0.25) is 14.5 Å². The van der Waals surface area contributed by atoms with Crippen LogP contribution in [0.4, 0.5) is 10.1 Å². The average molecular weight is 403 g/mol. The number of carbonyl (C=O) groups is 2. The number of piperidine rings is 2. The predicted molar refractivity (Wildman–Crippen MR) is 108 cm³/mol. The maximum absolute atomic E-state index is 13.7. The van der Waals surface area contributed by atoms with Crippen LogP contribution in [0.1, 0.15) is 31.2 Å². The van der Waals surface area contributed by atoms with E-state index in [9.17, 15) is 14.0 Å². The molecule has 2 aliphatic heterocycles. The average Bonchev–Trinajstić information content (AvgIpc) is 2.71. The zero-order chi connectivity index (χ0) is 20.5. The summed E-state index contributed by atoms with van der Waals surface area (Å²) in [4.78, 5) is 27.7. The van der Waals surface area contributed by atoms with Crippen molar-refractivity contribution in [3.63, 3.8) is 0 Å². The molecule has 7 heteroatoms. The molecule has 6 nitrogen and oxygen atoms in total. The molecule has 1 aromatic carbocycles. The fourth-order valence-electron chi connectivity index (χ4n) is 5.14. The standard InChI is InChI=1S/C22H30FN3O3/c1-13-3-4-14(9-18(13)23)24-21(27)12-26-8-7-20-17(11-26)22(28)16-10-15(29-2)5-6-19(16)25-20/h3-4,9,15-17,19-20,25H,5-8,10-12H2,1-2H3,(H,24,27). The van der Waals surface area contributed by atoms with Crippen LogP contribution in [-0.2, 0) is 14.3 Å². The second-order valence-corrected chi connectivity index (χ2v) is 8.70. The van der Waals surface area contributed by atoms with Crippen molar-refractivity contribution in [2.45, 2.75) is 50.8 Å². The SMILES string of the molecule is COC1CCC2NC3CCN(CC(=O)Nc4ccc(C)c(F)c4)CC3C(=O)C2C1. The molecule has 1 amide bonds. The van der Waals surface area contributed by atoms with Crippen LogP contribution in [0.15, 0.2) is 18.2 Å². The van der Waals surface area contributed by atoms with E-state index in [1.807, 2.05) is 4.90 Å². The summed E-state index contributed by atoms with van der Waals surface area (Å²) in [7, 11) is 1.72. The van der Waals surface area contributed by atoms with E-state index in [1.165, 1.54) is 6.07 Å². The van der Waals surface area contributed by atoms with Crippen LogP contribution in [-0.4, -0.2) is 61.5 Å². The fraction of sp³-hybridized carbons (Fsp3) is 0.636. The van der Waals surface area contributed by atoms with Crippen molar-refractivity contribution in [2.75, 3.05) is 32.1 Å². The summed E-state index contributed by atoms with van der Waals surface area (Å²) in [5.41, 5.74) is 1.00. The zero-order valence-corrected chi connectivity index (χ0v) is 17.1. The minimum atomic E-state index is -0.334. The van der Waals surface area contributed by atoms with Crippen molar-refractivity contribution >= 4 is 17.4 Å². The summed E-state index contributed by atoms with van der Waals surface area (Å²) in [6, 6.07) is 5.15. The van der Waals surface area contributed by atoms with E-state index >= 15 is 0 Å². The van der Waals surface area contributed by atoms with Gasteiger partial charge in [0.2, 0.25) is 5.91 Å². The minimum Gasteiger partial charge on any atom is -0.381 e. The van der Waals surface area contributed by atoms with Gasteiger partial charge in [-0.05, 0) is 50.3 Å². The van der Waals surface area contributed by atoms with Gasteiger partial charge in [-0.2, -0.15) is 0 Å². The van der Waals surface area contributed by atoms with Crippen LogP contribution in [0.3, 0.4) is 0 Å². The first-order valence-corrected chi connectivity index (χ1v) is 10.6. The number of fused-ring (bicyclic) bond motifs is 2. The van der Waals surface area contributed by atoms with Gasteiger partial charge in [-0.15, -0.1) is 0 Å². The zero-order valence-electron chi connectivity index (χ0n) is 17.1. The molecule has 1 aliphatic carbocycles. The summed E-state index contributed by atoms with van der Waals surface area (Å²) in [6.45, 7) is 3.26. The van der Waals surface area contributed by atoms with Gasteiger partial charge in [0.1, 0.15) is 11.6 Å². The number of rotatable bonds is 4. The van der Waals surface area contributed by atoms with Crippen LogP contribution in [0.2, 0.25) is 0 Å². The van der Waals surface area contributed by atoms with Crippen molar-refractivity contribution in [2.24, 2.45) is 11.8 Å². The summed E-state index contributed by atoms with van der Waals surface area (Å²) in [5.74, 6) is -0.257. The number of ether oxygens (including phenoxy) is 1. The second kappa shape index (κ2) is 8.50. The molecule has 3 fully saturated rings. The smallest absolute Gasteiger partial charge is 0.238 e. The molecule has 2 heterocycles. The number of carbonyl (C=O) groups excluding carboxylic acids is 2. The van der Waals surface area contributed by atoms with E-state index in [2.05, 4.69) is 10.6 Å². The predicted octanol–water partition coefficient (Wildman–Crippen LogP) is 2.12. The molecule has 2 saturated heterocycles. The number of amides is 1. The lowest BCUT2D eigenvalue weighted by atomic mass is 9.70. The van der Waals surface area contributed by atoms with Crippen molar-refractivity contribution in [1.82, 2.24) is 10.2 Å². The van der Waals surface area contributed by atoms with Crippen LogP contribution in [0, 0.1) is 24.6 Å². The van der Waals surface area contributed by atoms with E-state index in [0.29, 0.717) is 23.6 Å². The van der Waals surface area contributed by atoms with Gasteiger partial charge in [-0.25, -0.2) is 4.39 Å². The van der Waals surface area contributed by atoms with Crippen molar-refractivity contribution in [1.29, 1.82) is 0 Å². The Bertz CT molecular complexity index is 787. The molecule has 0 radical (unpaired) electrons. The number of ketones is 1. The third kappa shape index (κ3) is 4.37.